The largest absolute Gasteiger partial charge is 0.340 e. The minimum absolute atomic E-state index is 0.114. The lowest BCUT2D eigenvalue weighted by atomic mass is 9.70. The zero-order chi connectivity index (χ0) is 34.3. The predicted octanol–water partition coefficient (Wildman–Crippen LogP) is 5.29. The van der Waals surface area contributed by atoms with Gasteiger partial charge in [-0.3, -0.25) is 19.2 Å². The number of carbonyl (C=O) groups excluding carboxylic acids is 4. The van der Waals surface area contributed by atoms with Crippen molar-refractivity contribution in [3.8, 4) is 0 Å². The minimum Gasteiger partial charge on any atom is -0.340 e. The third kappa shape index (κ3) is 3.26. The Bertz CT molecular complexity index is 2790. The maximum Gasteiger partial charge on any atom is 0.161 e. The first kappa shape index (κ1) is 27.7. The number of rotatable bonds is 0. The lowest BCUT2D eigenvalue weighted by Crippen LogP contribution is -2.29. The molecule has 11 nitrogen and oxygen atoms in total. The molecular weight excluding hydrogens is 654 g/mol. The molecule has 0 amide bonds. The van der Waals surface area contributed by atoms with Crippen molar-refractivity contribution in [3.05, 3.63) is 100 Å². The minimum atomic E-state index is -0.484. The van der Waals surface area contributed by atoms with Crippen LogP contribution in [0.2, 0.25) is 0 Å². The SMILES string of the molecule is O=C1CC2C=CC1C1=C2c2nc1nc1nc(nc3[nH]c(cc4[nH]c(n2)c2c4C4C=CC2C(=O)C4)c2c3C3C=CC2C(=O)C3)C2=C1C1C=CC2C(=O)C1. The first-order chi connectivity index (χ1) is 25.4. The summed E-state index contributed by atoms with van der Waals surface area (Å²) < 4.78 is 0. The van der Waals surface area contributed by atoms with E-state index in [1.54, 1.807) is 0 Å². The summed E-state index contributed by atoms with van der Waals surface area (Å²) in [6.45, 7) is 0. The van der Waals surface area contributed by atoms with Gasteiger partial charge in [0.25, 0.3) is 0 Å². The van der Waals surface area contributed by atoms with Crippen molar-refractivity contribution >= 4 is 67.8 Å². The highest BCUT2D eigenvalue weighted by atomic mass is 16.1. The molecule has 5 heterocycles. The van der Waals surface area contributed by atoms with Crippen molar-refractivity contribution in [2.45, 2.75) is 49.4 Å². The highest BCUT2D eigenvalue weighted by molar-refractivity contribution is 6.11. The van der Waals surface area contributed by atoms with Crippen LogP contribution in [0.4, 0.5) is 0 Å². The van der Waals surface area contributed by atoms with E-state index < -0.39 is 23.7 Å². The van der Waals surface area contributed by atoms with Gasteiger partial charge in [-0.15, -0.1) is 0 Å². The second-order valence-electron chi connectivity index (χ2n) is 15.6. The van der Waals surface area contributed by atoms with Crippen molar-refractivity contribution in [2.75, 3.05) is 0 Å². The molecule has 0 fully saturated rings. The van der Waals surface area contributed by atoms with E-state index in [1.165, 1.54) is 0 Å². The van der Waals surface area contributed by atoms with Gasteiger partial charge in [-0.05, 0) is 17.2 Å². The van der Waals surface area contributed by atoms with Crippen LogP contribution in [0.5, 0.6) is 0 Å². The Morgan fingerprint density at radius 3 is 1.38 bits per heavy atom. The van der Waals surface area contributed by atoms with Gasteiger partial charge >= 0.3 is 0 Å². The molecule has 0 radical (unpaired) electrons. The highest BCUT2D eigenvalue weighted by Gasteiger charge is 2.47. The topological polar surface area (TPSA) is 164 Å². The molecule has 250 valence electrons. The van der Waals surface area contributed by atoms with E-state index in [4.69, 9.17) is 24.9 Å². The third-order valence-corrected chi connectivity index (χ3v) is 13.0. The lowest BCUT2D eigenvalue weighted by Gasteiger charge is -2.31. The summed E-state index contributed by atoms with van der Waals surface area (Å²) in [5.41, 5.74) is 9.84. The van der Waals surface area contributed by atoms with Crippen LogP contribution in [0.25, 0.3) is 44.6 Å². The number of fused-ring (bicyclic) bond motifs is 12. The van der Waals surface area contributed by atoms with Crippen LogP contribution in [-0.2, 0) is 19.2 Å². The van der Waals surface area contributed by atoms with E-state index in [9.17, 15) is 19.2 Å². The van der Waals surface area contributed by atoms with Crippen LogP contribution in [0.15, 0.2) is 54.7 Å². The Labute approximate surface area is 294 Å². The van der Waals surface area contributed by atoms with Gasteiger partial charge in [0, 0.05) is 93.8 Å². The summed E-state index contributed by atoms with van der Waals surface area (Å²) in [5.74, 6) is -0.0789. The van der Waals surface area contributed by atoms with E-state index in [0.717, 1.165) is 55.6 Å². The molecule has 16 bridgehead atoms. The Morgan fingerprint density at radius 1 is 0.404 bits per heavy atom. The molecule has 0 saturated heterocycles. The van der Waals surface area contributed by atoms with Crippen LogP contribution < -0.4 is 0 Å². The number of ketones is 4. The molecule has 3 aromatic rings. The number of carbonyl (C=O) groups is 4. The number of allylic oxidation sites excluding steroid dienone is 12. The van der Waals surface area contributed by atoms with Crippen LogP contribution in [0, 0.1) is 23.7 Å². The number of aromatic nitrogens is 7. The van der Waals surface area contributed by atoms with E-state index in [1.807, 2.05) is 30.4 Å². The van der Waals surface area contributed by atoms with Crippen LogP contribution >= 0.6 is 0 Å². The number of nitrogens with one attached hydrogen (secondary N) is 2. The molecule has 3 aromatic heterocycles. The average Bonchev–Trinajstić information content (AvgIpc) is 3.90. The van der Waals surface area contributed by atoms with Crippen molar-refractivity contribution in [1.29, 1.82) is 0 Å². The Kier molecular flexibility index (Phi) is 4.84. The summed E-state index contributed by atoms with van der Waals surface area (Å²) in [6, 6.07) is 2.05. The summed E-state index contributed by atoms with van der Waals surface area (Å²) in [7, 11) is 0. The summed E-state index contributed by atoms with van der Waals surface area (Å²) in [6.07, 6.45) is 17.8. The van der Waals surface area contributed by atoms with E-state index in [2.05, 4.69) is 34.3 Å². The average molecular weight is 682 g/mol. The van der Waals surface area contributed by atoms with E-state index in [0.29, 0.717) is 60.3 Å². The van der Waals surface area contributed by atoms with E-state index >= 15 is 0 Å². The molecule has 0 saturated carbocycles. The summed E-state index contributed by atoms with van der Waals surface area (Å²) in [4.78, 5) is 86.4. The molecule has 52 heavy (non-hydrogen) atoms. The van der Waals surface area contributed by atoms with Crippen molar-refractivity contribution in [3.63, 3.8) is 0 Å². The standard InChI is InChI=1S/C41H27N7O4/c49-24-10-15-2-5-18(24)32-23-13-22-28-14-1-6-19(25(50)9-14)33(28)39(42-22)45-37-30-16-3-8-21(27(52)11-16)35(30)41(46-37)48-38-31-17-4-7-20(26(51)12-17)34(31)40(47-38)44-36(43-23)29(15)32/h1-8,13-21H,9-12H2,(H2,42,43,44,45,46,47,48). The smallest absolute Gasteiger partial charge is 0.161 e. The van der Waals surface area contributed by atoms with Crippen LogP contribution in [-0.4, -0.2) is 58.0 Å². The quantitative estimate of drug-likeness (QED) is 0.300. The number of nitrogens with zero attached hydrogens (tertiary/aromatic N) is 5. The molecule has 8 unspecified atom stereocenters. The van der Waals surface area contributed by atoms with Crippen LogP contribution in [0.1, 0.15) is 94.9 Å². The second-order valence-corrected chi connectivity index (χ2v) is 15.6. The number of Topliss-reactive ketones (excluding diaryl/α,β-unsaturated/α-hetero) is 4. The fraction of sp³-hybridized carbons (Fsp3) is 0.293. The fourth-order valence-corrected chi connectivity index (χ4v) is 10.8. The van der Waals surface area contributed by atoms with Gasteiger partial charge in [-0.25, -0.2) is 24.9 Å². The monoisotopic (exact) mass is 681 g/mol. The Hall–Kier alpha value is -5.97. The fourth-order valence-electron chi connectivity index (χ4n) is 10.8. The highest BCUT2D eigenvalue weighted by Crippen LogP contribution is 2.53. The Balaban J connectivity index is 1.20. The Morgan fingerprint density at radius 2 is 0.808 bits per heavy atom. The molecule has 0 aromatic carbocycles. The van der Waals surface area contributed by atoms with Gasteiger partial charge in [0.2, 0.25) is 0 Å². The normalized spacial score (nSPS) is 32.0. The predicted molar refractivity (Wildman–Crippen MR) is 188 cm³/mol. The summed E-state index contributed by atoms with van der Waals surface area (Å²) in [5, 5.41) is 0. The van der Waals surface area contributed by atoms with Gasteiger partial charge in [0.1, 0.15) is 34.4 Å². The van der Waals surface area contributed by atoms with Gasteiger partial charge in [0.15, 0.2) is 23.3 Å². The molecule has 12 aliphatic carbocycles. The lowest BCUT2D eigenvalue weighted by molar-refractivity contribution is -0.121. The molecule has 2 aliphatic heterocycles. The van der Waals surface area contributed by atoms with Crippen LogP contribution in [0.3, 0.4) is 0 Å². The summed E-state index contributed by atoms with van der Waals surface area (Å²) >= 11 is 0. The molecular formula is C41H27N7O4. The van der Waals surface area contributed by atoms with Gasteiger partial charge < -0.3 is 9.97 Å². The van der Waals surface area contributed by atoms with Crippen molar-refractivity contribution in [2.24, 2.45) is 23.7 Å². The van der Waals surface area contributed by atoms with Crippen molar-refractivity contribution in [1.82, 2.24) is 34.9 Å². The molecule has 0 spiro atoms. The first-order valence-corrected chi connectivity index (χ1v) is 18.1. The zero-order valence-electron chi connectivity index (χ0n) is 27.5. The number of aromatic amines is 2. The number of hydrogen-bond donors (Lipinski definition) is 2. The van der Waals surface area contributed by atoms with Gasteiger partial charge in [0.05, 0.1) is 23.7 Å². The maximum atomic E-state index is 13.4. The first-order valence-electron chi connectivity index (χ1n) is 18.1. The number of H-pyrrole nitrogens is 2. The maximum absolute atomic E-state index is 13.4. The second kappa shape index (κ2) is 9.08. The molecule has 17 rings (SSSR count). The van der Waals surface area contributed by atoms with Gasteiger partial charge in [-0.2, -0.15) is 0 Å². The zero-order valence-corrected chi connectivity index (χ0v) is 27.5. The molecule has 2 N–H and O–H groups in total. The molecule has 14 aliphatic rings. The number of hydrogen-bond acceptors (Lipinski definition) is 9. The van der Waals surface area contributed by atoms with E-state index in [-0.39, 0.29) is 46.8 Å². The molecule has 8 atom stereocenters. The molecule has 11 heteroatoms. The third-order valence-electron chi connectivity index (χ3n) is 13.0. The van der Waals surface area contributed by atoms with Gasteiger partial charge in [-0.1, -0.05) is 48.6 Å². The van der Waals surface area contributed by atoms with Crippen molar-refractivity contribution < 1.29 is 19.2 Å².